The van der Waals surface area contributed by atoms with Crippen LogP contribution in [0.2, 0.25) is 0 Å². The van der Waals surface area contributed by atoms with Crippen LogP contribution in [0.25, 0.3) is 11.0 Å². The zero-order chi connectivity index (χ0) is 23.0. The highest BCUT2D eigenvalue weighted by Crippen LogP contribution is 2.26. The van der Waals surface area contributed by atoms with Gasteiger partial charge in [-0.3, -0.25) is 0 Å². The lowest BCUT2D eigenvalue weighted by atomic mass is 10.0. The van der Waals surface area contributed by atoms with Gasteiger partial charge in [0.2, 0.25) is 0 Å². The molecule has 0 N–H and O–H groups in total. The second-order valence-corrected chi connectivity index (χ2v) is 8.38. The number of hydrogen-bond acceptors (Lipinski definition) is 4. The van der Waals surface area contributed by atoms with Gasteiger partial charge in [-0.05, 0) is 54.7 Å². The number of rotatable bonds is 11. The third kappa shape index (κ3) is 5.67. The Morgan fingerprint density at radius 3 is 2.48 bits per heavy atom. The van der Waals surface area contributed by atoms with E-state index in [0.29, 0.717) is 19.1 Å². The zero-order valence-corrected chi connectivity index (χ0v) is 19.7. The molecule has 5 heteroatoms. The largest absolute Gasteiger partial charge is 0.497 e. The van der Waals surface area contributed by atoms with Gasteiger partial charge in [0.25, 0.3) is 0 Å². The van der Waals surface area contributed by atoms with E-state index < -0.39 is 0 Å². The number of hydrogen-bond donors (Lipinski definition) is 0. The monoisotopic (exact) mass is 444 g/mol. The minimum absolute atomic E-state index is 0.403. The quantitative estimate of drug-likeness (QED) is 0.244. The molecule has 1 heterocycles. The van der Waals surface area contributed by atoms with Gasteiger partial charge in [-0.15, -0.1) is 0 Å². The summed E-state index contributed by atoms with van der Waals surface area (Å²) in [6, 6.07) is 24.2. The van der Waals surface area contributed by atoms with Crippen LogP contribution in [0.3, 0.4) is 0 Å². The molecule has 5 nitrogen and oxygen atoms in total. The maximum atomic E-state index is 6.10. The summed E-state index contributed by atoms with van der Waals surface area (Å²) in [7, 11) is 1.66. The van der Waals surface area contributed by atoms with Gasteiger partial charge in [-0.2, -0.15) is 0 Å². The Morgan fingerprint density at radius 2 is 1.64 bits per heavy atom. The normalized spacial score (nSPS) is 11.2. The van der Waals surface area contributed by atoms with Crippen LogP contribution in [-0.4, -0.2) is 23.3 Å². The predicted molar refractivity (Wildman–Crippen MR) is 132 cm³/mol. The Morgan fingerprint density at radius 1 is 0.848 bits per heavy atom. The van der Waals surface area contributed by atoms with Crippen LogP contribution in [0, 0.1) is 0 Å². The average molecular weight is 445 g/mol. The molecule has 0 spiro atoms. The minimum Gasteiger partial charge on any atom is -0.497 e. The first-order valence-electron chi connectivity index (χ1n) is 11.6. The fraction of sp³-hybridized carbons (Fsp3) is 0.321. The fourth-order valence-corrected chi connectivity index (χ4v) is 3.97. The molecule has 0 unspecified atom stereocenters. The predicted octanol–water partition coefficient (Wildman–Crippen LogP) is 6.61. The van der Waals surface area contributed by atoms with Crippen LogP contribution in [0.1, 0.15) is 44.0 Å². The van der Waals surface area contributed by atoms with E-state index in [4.69, 9.17) is 19.2 Å². The standard InChI is InChI=1S/C28H32N2O3/c1-21(2)24-13-4-7-16-27(24)32-18-9-8-17-30-26-15-6-5-14-25(26)29-28(30)20-33-23-12-10-11-22(19-23)31-3/h4-7,10-16,19,21H,8-9,17-18,20H2,1-3H3. The molecule has 3 aromatic carbocycles. The van der Waals surface area contributed by atoms with E-state index in [9.17, 15) is 0 Å². The first-order chi connectivity index (χ1) is 16.2. The lowest BCUT2D eigenvalue weighted by molar-refractivity contribution is 0.283. The van der Waals surface area contributed by atoms with Crippen LogP contribution in [0.4, 0.5) is 0 Å². The molecule has 0 amide bonds. The summed E-state index contributed by atoms with van der Waals surface area (Å²) < 4.78 is 19.7. The Balaban J connectivity index is 1.38. The van der Waals surface area contributed by atoms with Crippen molar-refractivity contribution in [2.45, 2.75) is 45.8 Å². The molecular formula is C28H32N2O3. The van der Waals surface area contributed by atoms with Gasteiger partial charge in [0.1, 0.15) is 29.7 Å². The molecule has 4 rings (SSSR count). The van der Waals surface area contributed by atoms with E-state index in [1.807, 2.05) is 42.5 Å². The maximum Gasteiger partial charge on any atom is 0.147 e. The number of para-hydroxylation sites is 3. The summed E-state index contributed by atoms with van der Waals surface area (Å²) in [5.41, 5.74) is 3.38. The molecule has 0 aliphatic heterocycles. The van der Waals surface area contributed by atoms with Crippen LogP contribution in [-0.2, 0) is 13.2 Å². The van der Waals surface area contributed by atoms with Gasteiger partial charge in [-0.1, -0.05) is 50.2 Å². The molecule has 0 saturated carbocycles. The number of imidazole rings is 1. The van der Waals surface area contributed by atoms with Crippen LogP contribution in [0.15, 0.2) is 72.8 Å². The number of fused-ring (bicyclic) bond motifs is 1. The summed E-state index contributed by atoms with van der Waals surface area (Å²) >= 11 is 0. The number of benzene rings is 3. The molecule has 0 aliphatic rings. The first-order valence-corrected chi connectivity index (χ1v) is 11.6. The third-order valence-electron chi connectivity index (χ3n) is 5.72. The second-order valence-electron chi connectivity index (χ2n) is 8.38. The molecule has 0 atom stereocenters. The van der Waals surface area contributed by atoms with Crippen molar-refractivity contribution in [3.63, 3.8) is 0 Å². The van der Waals surface area contributed by atoms with Gasteiger partial charge in [0.15, 0.2) is 0 Å². The van der Waals surface area contributed by atoms with E-state index in [2.05, 4.69) is 48.7 Å². The van der Waals surface area contributed by atoms with Gasteiger partial charge in [-0.25, -0.2) is 4.98 Å². The topological polar surface area (TPSA) is 45.5 Å². The molecule has 4 aromatic rings. The van der Waals surface area contributed by atoms with Crippen molar-refractivity contribution in [1.82, 2.24) is 9.55 Å². The van der Waals surface area contributed by atoms with Crippen molar-refractivity contribution in [3.05, 3.63) is 84.2 Å². The summed E-state index contributed by atoms with van der Waals surface area (Å²) in [5, 5.41) is 0. The van der Waals surface area contributed by atoms with Gasteiger partial charge < -0.3 is 18.8 Å². The first kappa shape index (κ1) is 22.7. The number of ether oxygens (including phenoxy) is 3. The molecule has 1 aromatic heterocycles. The van der Waals surface area contributed by atoms with Crippen molar-refractivity contribution in [2.24, 2.45) is 0 Å². The maximum absolute atomic E-state index is 6.10. The molecule has 172 valence electrons. The average Bonchev–Trinajstić information content (AvgIpc) is 3.20. The number of aryl methyl sites for hydroxylation is 1. The van der Waals surface area contributed by atoms with E-state index in [0.717, 1.165) is 53.5 Å². The molecule has 0 saturated heterocycles. The van der Waals surface area contributed by atoms with Crippen molar-refractivity contribution < 1.29 is 14.2 Å². The smallest absolute Gasteiger partial charge is 0.147 e. The van der Waals surface area contributed by atoms with E-state index in [1.54, 1.807) is 7.11 Å². The highest BCUT2D eigenvalue weighted by molar-refractivity contribution is 5.75. The molecule has 33 heavy (non-hydrogen) atoms. The number of methoxy groups -OCH3 is 1. The van der Waals surface area contributed by atoms with Crippen molar-refractivity contribution in [1.29, 1.82) is 0 Å². The number of aromatic nitrogens is 2. The third-order valence-corrected chi connectivity index (χ3v) is 5.72. The van der Waals surface area contributed by atoms with Crippen molar-refractivity contribution >= 4 is 11.0 Å². The van der Waals surface area contributed by atoms with Crippen LogP contribution < -0.4 is 14.2 Å². The SMILES string of the molecule is COc1cccc(OCc2nc3ccccc3n2CCCCOc2ccccc2C(C)C)c1. The Labute approximate surface area is 195 Å². The summed E-state index contributed by atoms with van der Waals surface area (Å²) in [6.45, 7) is 6.36. The number of nitrogens with zero attached hydrogens (tertiary/aromatic N) is 2. The summed E-state index contributed by atoms with van der Waals surface area (Å²) in [6.07, 6.45) is 1.96. The fourth-order valence-electron chi connectivity index (χ4n) is 3.97. The summed E-state index contributed by atoms with van der Waals surface area (Å²) in [4.78, 5) is 4.82. The van der Waals surface area contributed by atoms with Crippen molar-refractivity contribution in [3.8, 4) is 17.2 Å². The Hall–Kier alpha value is -3.47. The van der Waals surface area contributed by atoms with Crippen LogP contribution in [0.5, 0.6) is 17.2 Å². The molecular weight excluding hydrogens is 412 g/mol. The molecule has 0 radical (unpaired) electrons. The minimum atomic E-state index is 0.403. The van der Waals surface area contributed by atoms with E-state index in [-0.39, 0.29) is 0 Å². The Kier molecular flexibility index (Phi) is 7.51. The number of unbranched alkanes of at least 4 members (excludes halogenated alkanes) is 1. The van der Waals surface area contributed by atoms with Gasteiger partial charge in [0, 0.05) is 12.6 Å². The lowest BCUT2D eigenvalue weighted by Gasteiger charge is -2.14. The highest BCUT2D eigenvalue weighted by Gasteiger charge is 2.12. The van der Waals surface area contributed by atoms with E-state index >= 15 is 0 Å². The van der Waals surface area contributed by atoms with Crippen LogP contribution >= 0.6 is 0 Å². The van der Waals surface area contributed by atoms with Gasteiger partial charge in [0.05, 0.1) is 24.8 Å². The zero-order valence-electron chi connectivity index (χ0n) is 19.7. The van der Waals surface area contributed by atoms with E-state index in [1.165, 1.54) is 5.56 Å². The second kappa shape index (κ2) is 10.9. The lowest BCUT2D eigenvalue weighted by Crippen LogP contribution is -2.09. The highest BCUT2D eigenvalue weighted by atomic mass is 16.5. The Bertz CT molecular complexity index is 1180. The molecule has 0 fully saturated rings. The molecule has 0 bridgehead atoms. The van der Waals surface area contributed by atoms with Crippen molar-refractivity contribution in [2.75, 3.05) is 13.7 Å². The summed E-state index contributed by atoms with van der Waals surface area (Å²) in [5.74, 6) is 3.91. The van der Waals surface area contributed by atoms with Gasteiger partial charge >= 0.3 is 0 Å². The molecule has 0 aliphatic carbocycles.